The van der Waals surface area contributed by atoms with Gasteiger partial charge in [0.1, 0.15) is 11.6 Å². The van der Waals surface area contributed by atoms with Crippen LogP contribution in [0, 0.1) is 6.07 Å². The number of imidazole rings is 1. The van der Waals surface area contributed by atoms with Gasteiger partial charge in [0.25, 0.3) is 0 Å². The third kappa shape index (κ3) is 9.11. The second-order valence-corrected chi connectivity index (χ2v) is 20.8. The van der Waals surface area contributed by atoms with Crippen LogP contribution in [-0.4, -0.2) is 19.6 Å². The molecule has 4 nitrogen and oxygen atoms in total. The van der Waals surface area contributed by atoms with Gasteiger partial charge in [0.05, 0.1) is 25.0 Å². The number of rotatable bonds is 6. The summed E-state index contributed by atoms with van der Waals surface area (Å²) < 4.78 is 20.5. The molecule has 63 heavy (non-hydrogen) atoms. The van der Waals surface area contributed by atoms with E-state index in [1.54, 1.807) is 6.07 Å². The minimum absolute atomic E-state index is 0. The molecule has 2 aromatic heterocycles. The van der Waals surface area contributed by atoms with E-state index in [-0.39, 0.29) is 60.7 Å². The van der Waals surface area contributed by atoms with Crippen LogP contribution >= 0.6 is 0 Å². The molecule has 0 atom stereocenters. The first-order chi connectivity index (χ1) is 30.0. The third-order valence-corrected chi connectivity index (χ3v) is 11.9. The van der Waals surface area contributed by atoms with Gasteiger partial charge in [-0.3, -0.25) is 9.55 Å². The Morgan fingerprint density at radius 1 is 0.540 bits per heavy atom. The van der Waals surface area contributed by atoms with Gasteiger partial charge in [-0.15, -0.1) is 29.3 Å². The summed E-state index contributed by atoms with van der Waals surface area (Å²) in [6, 6.07) is 47.4. The molecule has 0 fully saturated rings. The van der Waals surface area contributed by atoms with Crippen molar-refractivity contribution in [3.63, 3.8) is 0 Å². The Labute approximate surface area is 392 Å². The van der Waals surface area contributed by atoms with Crippen molar-refractivity contribution in [2.24, 2.45) is 0 Å². The Balaban J connectivity index is 0.00000630. The third-order valence-electron chi connectivity index (χ3n) is 11.9. The molecule has 324 valence electrons. The number of pyridine rings is 1. The van der Waals surface area contributed by atoms with Crippen molar-refractivity contribution in [3.05, 3.63) is 168 Å². The molecule has 0 spiro atoms. The predicted octanol–water partition coefficient (Wildman–Crippen LogP) is 15.4. The predicted molar refractivity (Wildman–Crippen MR) is 261 cm³/mol. The number of benzene rings is 6. The molecule has 0 saturated carbocycles. The summed E-state index contributed by atoms with van der Waals surface area (Å²) in [7, 11) is 0. The van der Waals surface area contributed by atoms with E-state index in [1.807, 2.05) is 36.4 Å². The summed E-state index contributed by atoms with van der Waals surface area (Å²) in [5.74, 6) is 0.849. The van der Waals surface area contributed by atoms with Crippen molar-refractivity contribution >= 4 is 11.0 Å². The van der Waals surface area contributed by atoms with Crippen molar-refractivity contribution in [2.75, 3.05) is 0 Å². The van der Waals surface area contributed by atoms with E-state index in [0.29, 0.717) is 28.2 Å². The summed E-state index contributed by atoms with van der Waals surface area (Å²) in [4.78, 5) is 10.3. The maximum absolute atomic E-state index is 12.5. The molecule has 8 aromatic rings. The van der Waals surface area contributed by atoms with E-state index in [4.69, 9.17) is 6.35 Å². The second-order valence-electron chi connectivity index (χ2n) is 20.8. The van der Waals surface area contributed by atoms with Gasteiger partial charge >= 0.3 is 0 Å². The first-order valence-electron chi connectivity index (χ1n) is 22.7. The van der Waals surface area contributed by atoms with E-state index in [1.165, 1.54) is 5.56 Å². The number of fused-ring (bicyclic) bond motifs is 1. The van der Waals surface area contributed by atoms with Gasteiger partial charge in [0.2, 0.25) is 0 Å². The Morgan fingerprint density at radius 2 is 1.13 bits per heavy atom. The molecule has 1 N–H and O–H groups in total. The monoisotopic (exact) mass is 1010 g/mol. The largest absolute Gasteiger partial charge is 0.507 e. The van der Waals surface area contributed by atoms with E-state index >= 15 is 0 Å². The zero-order valence-electron chi connectivity index (χ0n) is 40.7. The van der Waals surface area contributed by atoms with Crippen molar-refractivity contribution in [2.45, 2.75) is 105 Å². The average molecular weight is 1010 g/mol. The summed E-state index contributed by atoms with van der Waals surface area (Å²) >= 11 is 0. The van der Waals surface area contributed by atoms with Crippen molar-refractivity contribution in [1.29, 1.82) is 0 Å². The molecule has 6 aromatic carbocycles. The molecule has 0 saturated heterocycles. The smallest absolute Gasteiger partial charge is 0.148 e. The molecular weight excluding hydrogens is 950 g/mol. The molecule has 0 aliphatic heterocycles. The Kier molecular flexibility index (Phi) is 11.4. The first kappa shape index (κ1) is 42.7. The fourth-order valence-electron chi connectivity index (χ4n) is 8.13. The summed E-state index contributed by atoms with van der Waals surface area (Å²) in [6.45, 7) is 26.3. The average Bonchev–Trinajstić information content (AvgIpc) is 3.62. The topological polar surface area (TPSA) is 50.9 Å². The van der Waals surface area contributed by atoms with Crippen LogP contribution in [0.5, 0.6) is 5.75 Å². The number of aromatic hydroxyl groups is 1. The first-order valence-corrected chi connectivity index (χ1v) is 21.7. The van der Waals surface area contributed by atoms with E-state index in [9.17, 15) is 6.48 Å². The SMILES string of the molecule is [2H]c1cc(-c2ccccc2)c([2H])c(-c2[c-]c(-c3cccc4c3nc(-c3cc(C(C)(C)C)cc(C(C)(C)C)c3O)n4-c3ccc(C(C)(C)C)cc3-c3ccccc3)cc(C(C)(C)C)c2)n1.[Pt]. The van der Waals surface area contributed by atoms with Gasteiger partial charge in [0.15, 0.2) is 0 Å². The number of aromatic nitrogens is 3. The van der Waals surface area contributed by atoms with Gasteiger partial charge < -0.3 is 5.11 Å². The molecule has 5 heteroatoms. The Hall–Kier alpha value is -5.57. The Morgan fingerprint density at radius 3 is 1.75 bits per heavy atom. The minimum Gasteiger partial charge on any atom is -0.507 e. The van der Waals surface area contributed by atoms with Crippen LogP contribution in [0.25, 0.3) is 72.7 Å². The number of hydrogen-bond donors (Lipinski definition) is 1. The fraction of sp³-hybridized carbons (Fsp3) is 0.276. The molecule has 0 bridgehead atoms. The summed E-state index contributed by atoms with van der Waals surface area (Å²) in [5, 5.41) is 12.5. The normalized spacial score (nSPS) is 12.8. The zero-order chi connectivity index (χ0) is 46.1. The molecular formula is C58H60N3OPt-. The molecule has 8 rings (SSSR count). The van der Waals surface area contributed by atoms with Crippen LogP contribution in [0.1, 0.15) is 108 Å². The maximum atomic E-state index is 12.5. The molecule has 0 aliphatic rings. The number of hydrogen-bond acceptors (Lipinski definition) is 3. The summed E-state index contributed by atoms with van der Waals surface area (Å²) in [5.41, 5.74) is 12.9. The molecule has 0 amide bonds. The number of phenolic OH excluding ortho intramolecular Hbond substituents is 1. The number of para-hydroxylation sites is 1. The van der Waals surface area contributed by atoms with Crippen molar-refractivity contribution in [3.8, 4) is 67.5 Å². The Bertz CT molecular complexity index is 3050. The van der Waals surface area contributed by atoms with Crippen LogP contribution in [-0.2, 0) is 42.7 Å². The van der Waals surface area contributed by atoms with Crippen LogP contribution in [0.3, 0.4) is 0 Å². The van der Waals surface area contributed by atoms with Crippen LogP contribution < -0.4 is 0 Å². The fourth-order valence-corrected chi connectivity index (χ4v) is 8.13. The van der Waals surface area contributed by atoms with Gasteiger partial charge in [-0.05, 0) is 79.8 Å². The second kappa shape index (κ2) is 16.9. The van der Waals surface area contributed by atoms with E-state index in [0.717, 1.165) is 61.2 Å². The number of nitrogens with zero attached hydrogens (tertiary/aromatic N) is 3. The van der Waals surface area contributed by atoms with Gasteiger partial charge in [-0.2, -0.15) is 0 Å². The van der Waals surface area contributed by atoms with Crippen molar-refractivity contribution < 1.29 is 28.9 Å². The van der Waals surface area contributed by atoms with Crippen LogP contribution in [0.4, 0.5) is 0 Å². The van der Waals surface area contributed by atoms with Gasteiger partial charge in [0, 0.05) is 44.1 Å². The summed E-state index contributed by atoms with van der Waals surface area (Å²) in [6.07, 6.45) is 0.0880. The van der Waals surface area contributed by atoms with Crippen LogP contribution in [0.2, 0.25) is 0 Å². The van der Waals surface area contributed by atoms with Crippen LogP contribution in [0.15, 0.2) is 140 Å². The van der Waals surface area contributed by atoms with Gasteiger partial charge in [-0.25, -0.2) is 4.98 Å². The molecule has 0 aliphatic carbocycles. The molecule has 0 radical (unpaired) electrons. The quantitative estimate of drug-likeness (QED) is 0.169. The minimum atomic E-state index is -0.355. The standard InChI is InChI=1S/C58H60N3O.Pt/c1-55(2,3)42-26-27-50(46(34-42)38-22-17-14-18-23-38)61-51-25-19-24-45(52(51)60-54(61)47-35-44(57(7,8)9)36-48(53(47)62)58(10,11)12)40-30-41(32-43(31-40)56(4,5)6)49-33-39(28-29-59-49)37-20-15-13-16-21-37;/h13-29,31-36,62H,1-12H3;/q-1;/i29D,33D;. The maximum Gasteiger partial charge on any atom is 0.148 e. The molecule has 2 heterocycles. The van der Waals surface area contributed by atoms with E-state index in [2.05, 4.69) is 184 Å². The zero-order valence-corrected chi connectivity index (χ0v) is 41.0. The van der Waals surface area contributed by atoms with Gasteiger partial charge in [-0.1, -0.05) is 185 Å². The molecule has 0 unspecified atom stereocenters. The number of phenols is 1. The van der Waals surface area contributed by atoms with Crippen molar-refractivity contribution in [1.82, 2.24) is 14.5 Å². The van der Waals surface area contributed by atoms with E-state index < -0.39 is 0 Å².